The molecule has 8 nitrogen and oxygen atoms in total. The third kappa shape index (κ3) is 4.09. The molecule has 1 amide bonds. The van der Waals surface area contributed by atoms with Crippen molar-refractivity contribution in [2.45, 2.75) is 19.0 Å². The van der Waals surface area contributed by atoms with Crippen LogP contribution in [0.1, 0.15) is 33.9 Å². The number of nitriles is 1. The van der Waals surface area contributed by atoms with Crippen LogP contribution in [-0.2, 0) is 11.3 Å². The molecule has 4 rings (SSSR count). The van der Waals surface area contributed by atoms with Gasteiger partial charge in [-0.3, -0.25) is 4.79 Å². The largest absolute Gasteiger partial charge is 0.496 e. The fraction of sp³-hybridized carbons (Fsp3) is 0.261. The molecule has 0 radical (unpaired) electrons. The second-order valence-electron chi connectivity index (χ2n) is 7.26. The van der Waals surface area contributed by atoms with Crippen molar-refractivity contribution in [2.24, 2.45) is 0 Å². The average molecular weight is 417 g/mol. The van der Waals surface area contributed by atoms with E-state index in [1.165, 1.54) is 7.11 Å². The van der Waals surface area contributed by atoms with Crippen LogP contribution in [0.15, 0.2) is 48.5 Å². The number of benzene rings is 2. The minimum Gasteiger partial charge on any atom is -0.496 e. The zero-order chi connectivity index (χ0) is 21.8. The molecule has 1 atom stereocenters. The summed E-state index contributed by atoms with van der Waals surface area (Å²) in [6, 6.07) is 16.8. The van der Waals surface area contributed by atoms with E-state index in [0.29, 0.717) is 48.1 Å². The number of anilines is 1. The summed E-state index contributed by atoms with van der Waals surface area (Å²) in [5, 5.41) is 17.1. The fourth-order valence-corrected chi connectivity index (χ4v) is 3.64. The molecule has 3 N–H and O–H groups in total. The lowest BCUT2D eigenvalue weighted by atomic mass is 10.1. The third-order valence-corrected chi connectivity index (χ3v) is 5.34. The first-order valence-electron chi connectivity index (χ1n) is 9.98. The van der Waals surface area contributed by atoms with Crippen LogP contribution in [0.25, 0.3) is 11.3 Å². The standard InChI is InChI=1S/C23H23N5O3/c1-30-20-5-3-2-4-18(20)23(29)26-13-15-6-8-16(9-7-15)21-19(12-24)22(25)28(27-21)17-10-11-31-14-17/h2-9,17H,10-11,13-14,25H2,1H3,(H,26,29)/t17-/m1/s1. The van der Waals surface area contributed by atoms with Gasteiger partial charge in [-0.15, -0.1) is 0 Å². The first kappa shape index (κ1) is 20.4. The van der Waals surface area contributed by atoms with Crippen molar-refractivity contribution in [3.8, 4) is 23.1 Å². The number of amides is 1. The highest BCUT2D eigenvalue weighted by Crippen LogP contribution is 2.31. The van der Waals surface area contributed by atoms with Crippen molar-refractivity contribution >= 4 is 11.7 Å². The van der Waals surface area contributed by atoms with Gasteiger partial charge in [0.05, 0.1) is 25.3 Å². The van der Waals surface area contributed by atoms with E-state index < -0.39 is 0 Å². The molecular weight excluding hydrogens is 394 g/mol. The van der Waals surface area contributed by atoms with Crippen LogP contribution in [0.2, 0.25) is 0 Å². The molecule has 158 valence electrons. The zero-order valence-corrected chi connectivity index (χ0v) is 17.2. The number of aromatic nitrogens is 2. The van der Waals surface area contributed by atoms with Crippen LogP contribution in [0.5, 0.6) is 5.75 Å². The molecule has 1 saturated heterocycles. The molecular formula is C23H23N5O3. The molecule has 0 aliphatic carbocycles. The maximum atomic E-state index is 12.5. The van der Waals surface area contributed by atoms with Crippen LogP contribution < -0.4 is 15.8 Å². The number of hydrogen-bond acceptors (Lipinski definition) is 6. The van der Waals surface area contributed by atoms with Crippen molar-refractivity contribution in [3.63, 3.8) is 0 Å². The summed E-state index contributed by atoms with van der Waals surface area (Å²) in [6.45, 7) is 1.57. The first-order chi connectivity index (χ1) is 15.1. The van der Waals surface area contributed by atoms with Gasteiger partial charge in [-0.05, 0) is 24.1 Å². The molecule has 1 aliphatic rings. The highest BCUT2D eigenvalue weighted by atomic mass is 16.5. The molecule has 3 aromatic rings. The Kier molecular flexibility index (Phi) is 5.87. The predicted molar refractivity (Wildman–Crippen MR) is 115 cm³/mol. The van der Waals surface area contributed by atoms with Crippen LogP contribution in [0, 0.1) is 11.3 Å². The summed E-state index contributed by atoms with van der Waals surface area (Å²) in [5.74, 6) is 0.681. The molecule has 2 aromatic carbocycles. The number of nitrogens with two attached hydrogens (primary N) is 1. The number of carbonyl (C=O) groups excluding carboxylic acids is 1. The molecule has 1 aromatic heterocycles. The number of nitrogen functional groups attached to an aromatic ring is 1. The number of carbonyl (C=O) groups is 1. The molecule has 0 unspecified atom stereocenters. The van der Waals surface area contributed by atoms with Crippen LogP contribution in [-0.4, -0.2) is 36.0 Å². The summed E-state index contributed by atoms with van der Waals surface area (Å²) >= 11 is 0. The lowest BCUT2D eigenvalue weighted by Gasteiger charge is -2.10. The summed E-state index contributed by atoms with van der Waals surface area (Å²) in [5.41, 5.74) is 9.30. The second-order valence-corrected chi connectivity index (χ2v) is 7.26. The second kappa shape index (κ2) is 8.90. The van der Waals surface area contributed by atoms with Crippen molar-refractivity contribution in [2.75, 3.05) is 26.1 Å². The molecule has 2 heterocycles. The summed E-state index contributed by atoms with van der Waals surface area (Å²) in [6.07, 6.45) is 0.820. The third-order valence-electron chi connectivity index (χ3n) is 5.34. The SMILES string of the molecule is COc1ccccc1C(=O)NCc1ccc(-c2nn([C@@H]3CCOC3)c(N)c2C#N)cc1. The number of para-hydroxylation sites is 1. The molecule has 0 bridgehead atoms. The van der Waals surface area contributed by atoms with Gasteiger partial charge in [-0.2, -0.15) is 10.4 Å². The van der Waals surface area contributed by atoms with Crippen molar-refractivity contribution in [1.29, 1.82) is 5.26 Å². The summed E-state index contributed by atoms with van der Waals surface area (Å²) in [4.78, 5) is 12.5. The molecule has 0 saturated carbocycles. The number of ether oxygens (including phenoxy) is 2. The maximum absolute atomic E-state index is 12.5. The van der Waals surface area contributed by atoms with Gasteiger partial charge in [-0.25, -0.2) is 4.68 Å². The number of methoxy groups -OCH3 is 1. The Bertz CT molecular complexity index is 1130. The van der Waals surface area contributed by atoms with E-state index in [1.807, 2.05) is 30.3 Å². The molecule has 1 aliphatic heterocycles. The Labute approximate surface area is 180 Å². The van der Waals surface area contributed by atoms with Gasteiger partial charge in [0.25, 0.3) is 5.91 Å². The lowest BCUT2D eigenvalue weighted by Crippen LogP contribution is -2.23. The first-order valence-corrected chi connectivity index (χ1v) is 9.98. The molecule has 8 heteroatoms. The Hall–Kier alpha value is -3.83. The number of nitrogens with one attached hydrogen (secondary N) is 1. The van der Waals surface area contributed by atoms with Gasteiger partial charge < -0.3 is 20.5 Å². The topological polar surface area (TPSA) is 115 Å². The van der Waals surface area contributed by atoms with Crippen LogP contribution in [0.3, 0.4) is 0 Å². The van der Waals surface area contributed by atoms with E-state index in [4.69, 9.17) is 15.2 Å². The van der Waals surface area contributed by atoms with Crippen LogP contribution in [0.4, 0.5) is 5.82 Å². The minimum absolute atomic E-state index is 0.0466. The van der Waals surface area contributed by atoms with E-state index in [1.54, 1.807) is 22.9 Å². The highest BCUT2D eigenvalue weighted by molar-refractivity contribution is 5.96. The summed E-state index contributed by atoms with van der Waals surface area (Å²) < 4.78 is 12.4. The van der Waals surface area contributed by atoms with Gasteiger partial charge in [0, 0.05) is 18.7 Å². The van der Waals surface area contributed by atoms with Gasteiger partial charge >= 0.3 is 0 Å². The van der Waals surface area contributed by atoms with Crippen molar-refractivity contribution in [1.82, 2.24) is 15.1 Å². The van der Waals surface area contributed by atoms with Gasteiger partial charge in [-0.1, -0.05) is 36.4 Å². The number of nitrogens with zero attached hydrogens (tertiary/aromatic N) is 3. The van der Waals surface area contributed by atoms with E-state index in [9.17, 15) is 10.1 Å². The number of rotatable bonds is 6. The van der Waals surface area contributed by atoms with Gasteiger partial charge in [0.1, 0.15) is 28.9 Å². The van der Waals surface area contributed by atoms with Gasteiger partial charge in [0.2, 0.25) is 0 Å². The predicted octanol–water partition coefficient (Wildman–Crippen LogP) is 2.90. The number of hydrogen-bond donors (Lipinski definition) is 2. The lowest BCUT2D eigenvalue weighted by molar-refractivity contribution is 0.0948. The monoisotopic (exact) mass is 417 g/mol. The van der Waals surface area contributed by atoms with Crippen molar-refractivity contribution in [3.05, 3.63) is 65.2 Å². The Morgan fingerprint density at radius 3 is 2.77 bits per heavy atom. The molecule has 0 spiro atoms. The summed E-state index contributed by atoms with van der Waals surface area (Å²) in [7, 11) is 1.54. The Morgan fingerprint density at radius 1 is 1.32 bits per heavy atom. The fourth-order valence-electron chi connectivity index (χ4n) is 3.64. The maximum Gasteiger partial charge on any atom is 0.255 e. The Morgan fingerprint density at radius 2 is 2.10 bits per heavy atom. The van der Waals surface area contributed by atoms with E-state index in [2.05, 4.69) is 16.5 Å². The van der Waals surface area contributed by atoms with Gasteiger partial charge in [0.15, 0.2) is 0 Å². The van der Waals surface area contributed by atoms with E-state index >= 15 is 0 Å². The Balaban J connectivity index is 1.49. The van der Waals surface area contributed by atoms with Crippen LogP contribution >= 0.6 is 0 Å². The van der Waals surface area contributed by atoms with E-state index in [-0.39, 0.29) is 11.9 Å². The highest BCUT2D eigenvalue weighted by Gasteiger charge is 2.25. The normalized spacial score (nSPS) is 15.4. The van der Waals surface area contributed by atoms with E-state index in [0.717, 1.165) is 17.5 Å². The molecule has 1 fully saturated rings. The minimum atomic E-state index is -0.210. The smallest absolute Gasteiger partial charge is 0.255 e. The molecule has 31 heavy (non-hydrogen) atoms. The average Bonchev–Trinajstić information content (AvgIpc) is 3.45. The quantitative estimate of drug-likeness (QED) is 0.637. The zero-order valence-electron chi connectivity index (χ0n) is 17.2. The van der Waals surface area contributed by atoms with Crippen molar-refractivity contribution < 1.29 is 14.3 Å².